The Kier molecular flexibility index (Phi) is 4.12. The third-order valence-corrected chi connectivity index (χ3v) is 5.67. The van der Waals surface area contributed by atoms with E-state index in [9.17, 15) is 8.42 Å². The highest BCUT2D eigenvalue weighted by atomic mass is 79.9. The molecule has 0 fully saturated rings. The number of nitrogens with one attached hydrogen (secondary N) is 1. The van der Waals surface area contributed by atoms with Crippen molar-refractivity contribution in [1.29, 1.82) is 0 Å². The van der Waals surface area contributed by atoms with Gasteiger partial charge in [0.2, 0.25) is 5.03 Å². The van der Waals surface area contributed by atoms with Gasteiger partial charge >= 0.3 is 0 Å². The fraction of sp³-hybridized carbons (Fsp3) is 0.222. The van der Waals surface area contributed by atoms with E-state index in [4.69, 9.17) is 11.6 Å². The SMILES string of the molecule is Cn1cnc(S(=O)(=O)NCc2ccc(Br)s2)c1Cl. The Bertz CT molecular complexity index is 665. The second-order valence-electron chi connectivity index (χ2n) is 3.48. The number of rotatable bonds is 4. The van der Waals surface area contributed by atoms with Gasteiger partial charge in [-0.05, 0) is 28.1 Å². The van der Waals surface area contributed by atoms with E-state index in [1.807, 2.05) is 12.1 Å². The van der Waals surface area contributed by atoms with Crippen LogP contribution in [0.3, 0.4) is 0 Å². The highest BCUT2D eigenvalue weighted by Gasteiger charge is 2.22. The van der Waals surface area contributed by atoms with Crippen LogP contribution >= 0.6 is 38.9 Å². The standard InChI is InChI=1S/C9H9BrClN3O2S2/c1-14-5-12-9(8(14)11)18(15,16)13-4-6-2-3-7(10)17-6/h2-3,5,13H,4H2,1H3. The summed E-state index contributed by atoms with van der Waals surface area (Å²) in [5.74, 6) is 0. The fourth-order valence-electron chi connectivity index (χ4n) is 1.26. The summed E-state index contributed by atoms with van der Waals surface area (Å²) in [6.45, 7) is 0.214. The molecule has 0 saturated carbocycles. The average Bonchev–Trinajstić information content (AvgIpc) is 2.85. The van der Waals surface area contributed by atoms with E-state index in [0.717, 1.165) is 8.66 Å². The van der Waals surface area contributed by atoms with E-state index >= 15 is 0 Å². The van der Waals surface area contributed by atoms with Crippen LogP contribution < -0.4 is 4.72 Å². The number of hydrogen-bond donors (Lipinski definition) is 1. The molecule has 98 valence electrons. The number of imidazole rings is 1. The van der Waals surface area contributed by atoms with Crippen LogP contribution in [0.25, 0.3) is 0 Å². The molecule has 0 spiro atoms. The van der Waals surface area contributed by atoms with E-state index in [-0.39, 0.29) is 16.7 Å². The van der Waals surface area contributed by atoms with E-state index in [2.05, 4.69) is 25.6 Å². The van der Waals surface area contributed by atoms with Crippen molar-refractivity contribution in [3.63, 3.8) is 0 Å². The zero-order valence-corrected chi connectivity index (χ0v) is 13.2. The first-order valence-electron chi connectivity index (χ1n) is 4.81. The van der Waals surface area contributed by atoms with Crippen molar-refractivity contribution < 1.29 is 8.42 Å². The third-order valence-electron chi connectivity index (χ3n) is 2.15. The summed E-state index contributed by atoms with van der Waals surface area (Å²) in [5, 5.41) is -0.0582. The van der Waals surface area contributed by atoms with Gasteiger partial charge in [-0.2, -0.15) is 0 Å². The largest absolute Gasteiger partial charge is 0.324 e. The Labute approximate surface area is 122 Å². The summed E-state index contributed by atoms with van der Waals surface area (Å²) in [6, 6.07) is 3.71. The Morgan fingerprint density at radius 2 is 2.28 bits per heavy atom. The van der Waals surface area contributed by atoms with Gasteiger partial charge in [-0.3, -0.25) is 0 Å². The van der Waals surface area contributed by atoms with Crippen LogP contribution in [0, 0.1) is 0 Å². The molecule has 0 aliphatic rings. The van der Waals surface area contributed by atoms with Crippen molar-refractivity contribution in [3.05, 3.63) is 32.3 Å². The highest BCUT2D eigenvalue weighted by Crippen LogP contribution is 2.23. The molecule has 0 radical (unpaired) electrons. The average molecular weight is 371 g/mol. The molecule has 2 aromatic rings. The Balaban J connectivity index is 2.15. The lowest BCUT2D eigenvalue weighted by atomic mass is 10.5. The van der Waals surface area contributed by atoms with Crippen LogP contribution in [-0.4, -0.2) is 18.0 Å². The number of aromatic nitrogens is 2. The molecule has 2 rings (SSSR count). The van der Waals surface area contributed by atoms with E-state index in [0.29, 0.717) is 0 Å². The molecule has 0 aromatic carbocycles. The van der Waals surface area contributed by atoms with Crippen LogP contribution in [0.4, 0.5) is 0 Å². The van der Waals surface area contributed by atoms with Gasteiger partial charge in [-0.25, -0.2) is 18.1 Å². The topological polar surface area (TPSA) is 64.0 Å². The molecule has 0 unspecified atom stereocenters. The molecule has 1 N–H and O–H groups in total. The first-order valence-corrected chi connectivity index (χ1v) is 8.28. The minimum atomic E-state index is -3.68. The smallest absolute Gasteiger partial charge is 0.261 e. The molecular weight excluding hydrogens is 362 g/mol. The molecule has 0 saturated heterocycles. The summed E-state index contributed by atoms with van der Waals surface area (Å²) in [6.07, 6.45) is 1.36. The second kappa shape index (κ2) is 5.30. The van der Waals surface area contributed by atoms with Crippen LogP contribution in [-0.2, 0) is 23.6 Å². The van der Waals surface area contributed by atoms with Crippen molar-refractivity contribution in [1.82, 2.24) is 14.3 Å². The quantitative estimate of drug-likeness (QED) is 0.898. The predicted octanol–water partition coefficient (Wildman–Crippen LogP) is 2.38. The molecule has 0 aliphatic carbocycles. The molecule has 0 bridgehead atoms. The molecular formula is C9H9BrClN3O2S2. The maximum atomic E-state index is 12.0. The molecule has 0 amide bonds. The van der Waals surface area contributed by atoms with Gasteiger partial charge in [0, 0.05) is 18.5 Å². The van der Waals surface area contributed by atoms with Crippen LogP contribution in [0.2, 0.25) is 5.15 Å². The molecule has 5 nitrogen and oxygen atoms in total. The Morgan fingerprint density at radius 3 is 2.78 bits per heavy atom. The van der Waals surface area contributed by atoms with Crippen molar-refractivity contribution in [2.24, 2.45) is 7.05 Å². The maximum Gasteiger partial charge on any atom is 0.261 e. The van der Waals surface area contributed by atoms with Crippen LogP contribution in [0.15, 0.2) is 27.3 Å². The molecule has 2 aromatic heterocycles. The van der Waals surface area contributed by atoms with E-state index in [1.165, 1.54) is 22.2 Å². The lowest BCUT2D eigenvalue weighted by molar-refractivity contribution is 0.578. The Hall–Kier alpha value is -0.410. The lowest BCUT2D eigenvalue weighted by Gasteiger charge is -2.03. The summed E-state index contributed by atoms with van der Waals surface area (Å²) >= 11 is 10.6. The third kappa shape index (κ3) is 2.94. The maximum absolute atomic E-state index is 12.0. The summed E-state index contributed by atoms with van der Waals surface area (Å²) in [7, 11) is -2.05. The van der Waals surface area contributed by atoms with Gasteiger partial charge in [0.25, 0.3) is 10.0 Å². The van der Waals surface area contributed by atoms with Gasteiger partial charge in [0.05, 0.1) is 10.1 Å². The lowest BCUT2D eigenvalue weighted by Crippen LogP contribution is -2.23. The van der Waals surface area contributed by atoms with Gasteiger partial charge < -0.3 is 4.57 Å². The number of thiophene rings is 1. The Morgan fingerprint density at radius 1 is 1.56 bits per heavy atom. The van der Waals surface area contributed by atoms with Gasteiger partial charge in [0.1, 0.15) is 5.15 Å². The number of sulfonamides is 1. The number of hydrogen-bond acceptors (Lipinski definition) is 4. The number of nitrogens with zero attached hydrogens (tertiary/aromatic N) is 2. The zero-order chi connectivity index (χ0) is 13.3. The van der Waals surface area contributed by atoms with Gasteiger partial charge in [0.15, 0.2) is 0 Å². The van der Waals surface area contributed by atoms with E-state index < -0.39 is 10.0 Å². The van der Waals surface area contributed by atoms with Gasteiger partial charge in [-0.15, -0.1) is 11.3 Å². The first kappa shape index (κ1) is 14.0. The summed E-state index contributed by atoms with van der Waals surface area (Å²) < 4.78 is 28.8. The molecule has 0 atom stereocenters. The molecule has 2 heterocycles. The van der Waals surface area contributed by atoms with Crippen molar-refractivity contribution >= 4 is 48.9 Å². The highest BCUT2D eigenvalue weighted by molar-refractivity contribution is 9.11. The van der Waals surface area contributed by atoms with Crippen molar-refractivity contribution in [2.45, 2.75) is 11.6 Å². The minimum Gasteiger partial charge on any atom is -0.324 e. The summed E-state index contributed by atoms with van der Waals surface area (Å²) in [4.78, 5) is 4.68. The first-order chi connectivity index (χ1) is 8.40. The number of halogens is 2. The van der Waals surface area contributed by atoms with Crippen LogP contribution in [0.1, 0.15) is 4.88 Å². The normalized spacial score (nSPS) is 11.9. The predicted molar refractivity (Wildman–Crippen MR) is 74.3 cm³/mol. The fourth-order valence-corrected chi connectivity index (χ4v) is 4.20. The van der Waals surface area contributed by atoms with Crippen molar-refractivity contribution in [3.8, 4) is 0 Å². The molecule has 18 heavy (non-hydrogen) atoms. The van der Waals surface area contributed by atoms with Crippen molar-refractivity contribution in [2.75, 3.05) is 0 Å². The minimum absolute atomic E-state index is 0.0925. The zero-order valence-electron chi connectivity index (χ0n) is 9.22. The summed E-state index contributed by atoms with van der Waals surface area (Å²) in [5.41, 5.74) is 0. The monoisotopic (exact) mass is 369 g/mol. The van der Waals surface area contributed by atoms with E-state index in [1.54, 1.807) is 7.05 Å². The molecule has 0 aliphatic heterocycles. The number of aryl methyl sites for hydroxylation is 1. The van der Waals surface area contributed by atoms with Crippen LogP contribution in [0.5, 0.6) is 0 Å². The molecule has 9 heteroatoms. The van der Waals surface area contributed by atoms with Gasteiger partial charge in [-0.1, -0.05) is 11.6 Å². The second-order valence-corrected chi connectivity index (χ2v) is 8.07.